The van der Waals surface area contributed by atoms with Crippen LogP contribution in [0.3, 0.4) is 0 Å². The summed E-state index contributed by atoms with van der Waals surface area (Å²) in [5.41, 5.74) is 2.19. The second-order valence-electron chi connectivity index (χ2n) is 5.48. The first kappa shape index (κ1) is 15.2. The standard InChI is InChI=1S/C15H21F3N2/c1-12-4-2-6-14(10-12)19-7-9-20-8-3-5-13(11-20)15(16,17)18/h2,4,6,10,13,19H,3,5,7-9,11H2,1H3. The Kier molecular flexibility index (Phi) is 4.91. The van der Waals surface area contributed by atoms with Crippen LogP contribution in [0.1, 0.15) is 18.4 Å². The van der Waals surface area contributed by atoms with Gasteiger partial charge in [-0.3, -0.25) is 0 Å². The van der Waals surface area contributed by atoms with Gasteiger partial charge in [-0.2, -0.15) is 13.2 Å². The highest BCUT2D eigenvalue weighted by Crippen LogP contribution is 2.32. The van der Waals surface area contributed by atoms with Gasteiger partial charge in [0.2, 0.25) is 0 Å². The zero-order valence-electron chi connectivity index (χ0n) is 11.7. The van der Waals surface area contributed by atoms with Crippen molar-refractivity contribution in [3.8, 4) is 0 Å². The van der Waals surface area contributed by atoms with E-state index < -0.39 is 12.1 Å². The number of alkyl halides is 3. The van der Waals surface area contributed by atoms with E-state index in [4.69, 9.17) is 0 Å². The summed E-state index contributed by atoms with van der Waals surface area (Å²) >= 11 is 0. The fraction of sp³-hybridized carbons (Fsp3) is 0.600. The number of benzene rings is 1. The molecule has 0 amide bonds. The monoisotopic (exact) mass is 286 g/mol. The summed E-state index contributed by atoms with van der Waals surface area (Å²) in [5, 5.41) is 3.26. The third-order valence-electron chi connectivity index (χ3n) is 3.74. The van der Waals surface area contributed by atoms with Crippen LogP contribution in [0.5, 0.6) is 0 Å². The molecule has 0 aromatic heterocycles. The van der Waals surface area contributed by atoms with Gasteiger partial charge in [-0.25, -0.2) is 0 Å². The molecule has 1 atom stereocenters. The Morgan fingerprint density at radius 1 is 1.35 bits per heavy atom. The van der Waals surface area contributed by atoms with Crippen LogP contribution < -0.4 is 5.32 Å². The molecule has 2 nitrogen and oxygen atoms in total. The Labute approximate surface area is 118 Å². The molecule has 1 aliphatic heterocycles. The number of rotatable bonds is 4. The maximum atomic E-state index is 12.7. The Bertz CT molecular complexity index is 431. The van der Waals surface area contributed by atoms with Crippen molar-refractivity contribution >= 4 is 5.69 Å². The van der Waals surface area contributed by atoms with Gasteiger partial charge in [0.05, 0.1) is 5.92 Å². The third kappa shape index (κ3) is 4.40. The highest BCUT2D eigenvalue weighted by atomic mass is 19.4. The second kappa shape index (κ2) is 6.48. The summed E-state index contributed by atoms with van der Waals surface area (Å²) in [5.74, 6) is -1.16. The zero-order valence-corrected chi connectivity index (χ0v) is 11.7. The Balaban J connectivity index is 1.76. The van der Waals surface area contributed by atoms with Gasteiger partial charge in [0.25, 0.3) is 0 Å². The molecule has 2 rings (SSSR count). The van der Waals surface area contributed by atoms with E-state index in [9.17, 15) is 13.2 Å². The number of hydrogen-bond donors (Lipinski definition) is 1. The van der Waals surface area contributed by atoms with Crippen molar-refractivity contribution < 1.29 is 13.2 Å². The molecule has 0 aliphatic carbocycles. The van der Waals surface area contributed by atoms with Crippen LogP contribution in [0.25, 0.3) is 0 Å². The number of nitrogens with zero attached hydrogens (tertiary/aromatic N) is 1. The minimum atomic E-state index is -4.05. The molecule has 112 valence electrons. The Morgan fingerprint density at radius 2 is 2.15 bits per heavy atom. The molecule has 1 N–H and O–H groups in total. The minimum Gasteiger partial charge on any atom is -0.384 e. The molecule has 20 heavy (non-hydrogen) atoms. The Hall–Kier alpha value is -1.23. The molecule has 0 radical (unpaired) electrons. The quantitative estimate of drug-likeness (QED) is 0.908. The van der Waals surface area contributed by atoms with Gasteiger partial charge in [-0.05, 0) is 44.0 Å². The summed E-state index contributed by atoms with van der Waals surface area (Å²) in [6.07, 6.45) is -3.15. The lowest BCUT2D eigenvalue weighted by Gasteiger charge is -2.33. The zero-order chi connectivity index (χ0) is 14.6. The van der Waals surface area contributed by atoms with E-state index in [1.807, 2.05) is 36.1 Å². The first-order valence-electron chi connectivity index (χ1n) is 7.05. The van der Waals surface area contributed by atoms with E-state index in [2.05, 4.69) is 5.32 Å². The van der Waals surface area contributed by atoms with Crippen LogP contribution in [0.2, 0.25) is 0 Å². The van der Waals surface area contributed by atoms with Crippen molar-refractivity contribution in [2.45, 2.75) is 25.9 Å². The van der Waals surface area contributed by atoms with Gasteiger partial charge in [-0.15, -0.1) is 0 Å². The van der Waals surface area contributed by atoms with E-state index >= 15 is 0 Å². The summed E-state index contributed by atoms with van der Waals surface area (Å²) in [4.78, 5) is 1.91. The molecule has 1 aromatic carbocycles. The summed E-state index contributed by atoms with van der Waals surface area (Å²) in [7, 11) is 0. The first-order chi connectivity index (χ1) is 9.45. The SMILES string of the molecule is Cc1cccc(NCCN2CCCC(C(F)(F)F)C2)c1. The van der Waals surface area contributed by atoms with E-state index in [0.717, 1.165) is 12.2 Å². The number of piperidine rings is 1. The summed E-state index contributed by atoms with van der Waals surface area (Å²) in [6, 6.07) is 8.00. The van der Waals surface area contributed by atoms with Gasteiger partial charge < -0.3 is 10.2 Å². The van der Waals surface area contributed by atoms with Crippen LogP contribution in [0.15, 0.2) is 24.3 Å². The van der Waals surface area contributed by atoms with Gasteiger partial charge in [-0.1, -0.05) is 12.1 Å². The maximum absolute atomic E-state index is 12.7. The Morgan fingerprint density at radius 3 is 2.85 bits per heavy atom. The molecule has 0 bridgehead atoms. The fourth-order valence-electron chi connectivity index (χ4n) is 2.64. The predicted molar refractivity (Wildman–Crippen MR) is 74.9 cm³/mol. The number of hydrogen-bond acceptors (Lipinski definition) is 2. The topological polar surface area (TPSA) is 15.3 Å². The van der Waals surface area contributed by atoms with Crippen molar-refractivity contribution in [3.05, 3.63) is 29.8 Å². The van der Waals surface area contributed by atoms with E-state index in [1.54, 1.807) is 0 Å². The fourth-order valence-corrected chi connectivity index (χ4v) is 2.64. The van der Waals surface area contributed by atoms with Crippen molar-refractivity contribution in [3.63, 3.8) is 0 Å². The van der Waals surface area contributed by atoms with Crippen LogP contribution in [-0.2, 0) is 0 Å². The van der Waals surface area contributed by atoms with Gasteiger partial charge in [0.1, 0.15) is 0 Å². The van der Waals surface area contributed by atoms with Gasteiger partial charge in [0, 0.05) is 25.3 Å². The number of halogens is 3. The largest absolute Gasteiger partial charge is 0.393 e. The van der Waals surface area contributed by atoms with Crippen LogP contribution in [0, 0.1) is 12.8 Å². The summed E-state index contributed by atoms with van der Waals surface area (Å²) in [6.45, 7) is 4.25. The van der Waals surface area contributed by atoms with Gasteiger partial charge in [0.15, 0.2) is 0 Å². The van der Waals surface area contributed by atoms with Crippen molar-refractivity contribution in [2.24, 2.45) is 5.92 Å². The molecular formula is C15H21F3N2. The lowest BCUT2D eigenvalue weighted by molar-refractivity contribution is -0.186. The molecule has 1 heterocycles. The summed E-state index contributed by atoms with van der Waals surface area (Å²) < 4.78 is 38.1. The van der Waals surface area contributed by atoms with E-state index in [0.29, 0.717) is 19.5 Å². The van der Waals surface area contributed by atoms with Gasteiger partial charge >= 0.3 is 6.18 Å². The molecule has 1 saturated heterocycles. The molecule has 1 aromatic rings. The number of aryl methyl sites for hydroxylation is 1. The predicted octanol–water partition coefficient (Wildman–Crippen LogP) is 3.68. The number of likely N-dealkylation sites (tertiary alicyclic amines) is 1. The average Bonchev–Trinajstić information content (AvgIpc) is 2.38. The van der Waals surface area contributed by atoms with Crippen molar-refractivity contribution in [1.29, 1.82) is 0 Å². The lowest BCUT2D eigenvalue weighted by Crippen LogP contribution is -2.43. The third-order valence-corrected chi connectivity index (χ3v) is 3.74. The van der Waals surface area contributed by atoms with Crippen LogP contribution in [-0.4, -0.2) is 37.3 Å². The normalized spacial score (nSPS) is 20.9. The first-order valence-corrected chi connectivity index (χ1v) is 7.05. The molecule has 0 saturated carbocycles. The minimum absolute atomic E-state index is 0.138. The molecule has 0 spiro atoms. The highest BCUT2D eigenvalue weighted by molar-refractivity contribution is 5.45. The molecular weight excluding hydrogens is 265 g/mol. The highest BCUT2D eigenvalue weighted by Gasteiger charge is 2.41. The van der Waals surface area contributed by atoms with Crippen LogP contribution >= 0.6 is 0 Å². The second-order valence-corrected chi connectivity index (χ2v) is 5.48. The number of nitrogens with one attached hydrogen (secondary N) is 1. The lowest BCUT2D eigenvalue weighted by atomic mass is 9.97. The van der Waals surface area contributed by atoms with Crippen molar-refractivity contribution in [2.75, 3.05) is 31.5 Å². The van der Waals surface area contributed by atoms with Crippen molar-refractivity contribution in [1.82, 2.24) is 4.90 Å². The molecule has 1 aliphatic rings. The van der Waals surface area contributed by atoms with E-state index in [-0.39, 0.29) is 13.0 Å². The molecule has 1 fully saturated rings. The molecule has 1 unspecified atom stereocenters. The van der Waals surface area contributed by atoms with Crippen LogP contribution in [0.4, 0.5) is 18.9 Å². The van der Waals surface area contributed by atoms with E-state index in [1.165, 1.54) is 5.56 Å². The smallest absolute Gasteiger partial charge is 0.384 e. The number of anilines is 1. The maximum Gasteiger partial charge on any atom is 0.393 e. The molecule has 5 heteroatoms. The average molecular weight is 286 g/mol.